The minimum absolute atomic E-state index is 0.0935. The number of carbonyl (C=O) groups is 1. The summed E-state index contributed by atoms with van der Waals surface area (Å²) in [5.41, 5.74) is 2.61. The Hall–Kier alpha value is -2.56. The summed E-state index contributed by atoms with van der Waals surface area (Å²) < 4.78 is 24.2. The predicted molar refractivity (Wildman–Crippen MR) is 82.1 cm³/mol. The highest BCUT2D eigenvalue weighted by Crippen LogP contribution is 2.40. The van der Waals surface area contributed by atoms with Crippen LogP contribution in [0.15, 0.2) is 36.4 Å². The molecular formula is C18H16FNO3. The maximum Gasteiger partial charge on any atom is 0.254 e. The van der Waals surface area contributed by atoms with E-state index >= 15 is 0 Å². The summed E-state index contributed by atoms with van der Waals surface area (Å²) in [5.74, 6) is 0.932. The standard InChI is InChI=1S/C18H16FNO3/c1-11-15-9-17-16(22-10-23-17)8-12(15)5-6-20(11)18(21)13-3-2-4-14(19)7-13/h2-4,7-9,11H,5-6,10H2,1H3. The van der Waals surface area contributed by atoms with Crippen LogP contribution in [0.4, 0.5) is 4.39 Å². The summed E-state index contributed by atoms with van der Waals surface area (Å²) in [5, 5.41) is 0. The second-order valence-corrected chi connectivity index (χ2v) is 5.84. The van der Waals surface area contributed by atoms with Crippen molar-refractivity contribution in [1.82, 2.24) is 4.90 Å². The van der Waals surface area contributed by atoms with E-state index in [9.17, 15) is 9.18 Å². The van der Waals surface area contributed by atoms with Gasteiger partial charge in [0.25, 0.3) is 5.91 Å². The Morgan fingerprint density at radius 1 is 1.22 bits per heavy atom. The van der Waals surface area contributed by atoms with Gasteiger partial charge in [0.15, 0.2) is 11.5 Å². The largest absolute Gasteiger partial charge is 0.454 e. The van der Waals surface area contributed by atoms with Crippen molar-refractivity contribution in [2.24, 2.45) is 0 Å². The minimum atomic E-state index is -0.399. The molecule has 0 N–H and O–H groups in total. The van der Waals surface area contributed by atoms with Crippen LogP contribution in [-0.2, 0) is 6.42 Å². The fourth-order valence-electron chi connectivity index (χ4n) is 3.27. The average molecular weight is 313 g/mol. The van der Waals surface area contributed by atoms with Gasteiger partial charge in [-0.3, -0.25) is 4.79 Å². The summed E-state index contributed by atoms with van der Waals surface area (Å²) in [6.07, 6.45) is 0.747. The first-order chi connectivity index (χ1) is 11.1. The van der Waals surface area contributed by atoms with E-state index in [-0.39, 0.29) is 18.7 Å². The molecule has 4 rings (SSSR count). The molecular weight excluding hydrogens is 297 g/mol. The van der Waals surface area contributed by atoms with Gasteiger partial charge in [-0.1, -0.05) is 6.07 Å². The highest BCUT2D eigenvalue weighted by atomic mass is 19.1. The molecule has 5 heteroatoms. The molecule has 0 saturated carbocycles. The molecule has 1 amide bonds. The number of hydrogen-bond acceptors (Lipinski definition) is 3. The molecule has 0 bridgehead atoms. The number of nitrogens with zero attached hydrogens (tertiary/aromatic N) is 1. The van der Waals surface area contributed by atoms with Gasteiger partial charge in [0.2, 0.25) is 6.79 Å². The first-order valence-electron chi connectivity index (χ1n) is 7.62. The number of benzene rings is 2. The second-order valence-electron chi connectivity index (χ2n) is 5.84. The molecule has 4 nitrogen and oxygen atoms in total. The van der Waals surface area contributed by atoms with Crippen molar-refractivity contribution in [2.75, 3.05) is 13.3 Å². The van der Waals surface area contributed by atoms with E-state index in [1.807, 2.05) is 19.1 Å². The molecule has 2 aromatic carbocycles. The highest BCUT2D eigenvalue weighted by Gasteiger charge is 2.30. The Balaban J connectivity index is 1.67. The summed E-state index contributed by atoms with van der Waals surface area (Å²) in [7, 11) is 0. The summed E-state index contributed by atoms with van der Waals surface area (Å²) >= 11 is 0. The van der Waals surface area contributed by atoms with E-state index < -0.39 is 5.82 Å². The Morgan fingerprint density at radius 2 is 2.00 bits per heavy atom. The van der Waals surface area contributed by atoms with Gasteiger partial charge >= 0.3 is 0 Å². The molecule has 2 heterocycles. The van der Waals surface area contributed by atoms with E-state index in [1.54, 1.807) is 17.0 Å². The number of ether oxygens (including phenoxy) is 2. The Labute approximate surface area is 133 Å². The molecule has 118 valence electrons. The monoisotopic (exact) mass is 313 g/mol. The molecule has 0 fully saturated rings. The predicted octanol–water partition coefficient (Wildman–Crippen LogP) is 3.31. The zero-order valence-electron chi connectivity index (χ0n) is 12.7. The zero-order valence-corrected chi connectivity index (χ0v) is 12.7. The molecule has 0 aliphatic carbocycles. The number of hydrogen-bond donors (Lipinski definition) is 0. The van der Waals surface area contributed by atoms with Gasteiger partial charge in [-0.15, -0.1) is 0 Å². The smallest absolute Gasteiger partial charge is 0.254 e. The fraction of sp³-hybridized carbons (Fsp3) is 0.278. The van der Waals surface area contributed by atoms with Crippen molar-refractivity contribution >= 4 is 5.91 Å². The number of fused-ring (bicyclic) bond motifs is 2. The molecule has 2 aromatic rings. The van der Waals surface area contributed by atoms with Gasteiger partial charge in [0, 0.05) is 12.1 Å². The summed E-state index contributed by atoms with van der Waals surface area (Å²) in [6, 6.07) is 9.68. The maximum absolute atomic E-state index is 13.4. The van der Waals surface area contributed by atoms with E-state index in [1.165, 1.54) is 17.7 Å². The molecule has 1 unspecified atom stereocenters. The number of carbonyl (C=O) groups excluding carboxylic acids is 1. The van der Waals surface area contributed by atoms with Crippen LogP contribution >= 0.6 is 0 Å². The second kappa shape index (κ2) is 5.26. The van der Waals surface area contributed by atoms with Crippen LogP contribution in [0.3, 0.4) is 0 Å². The van der Waals surface area contributed by atoms with E-state index in [0.29, 0.717) is 12.1 Å². The van der Waals surface area contributed by atoms with Crippen molar-refractivity contribution in [3.63, 3.8) is 0 Å². The highest BCUT2D eigenvalue weighted by molar-refractivity contribution is 5.94. The van der Waals surface area contributed by atoms with Gasteiger partial charge < -0.3 is 14.4 Å². The Bertz CT molecular complexity index is 790. The van der Waals surface area contributed by atoms with Gasteiger partial charge in [-0.05, 0) is 54.8 Å². The third kappa shape index (κ3) is 2.32. The van der Waals surface area contributed by atoms with Crippen LogP contribution in [-0.4, -0.2) is 24.1 Å². The normalized spacial score (nSPS) is 18.7. The first-order valence-corrected chi connectivity index (χ1v) is 7.62. The first kappa shape index (κ1) is 14.1. The number of amides is 1. The fourth-order valence-corrected chi connectivity index (χ4v) is 3.27. The van der Waals surface area contributed by atoms with Gasteiger partial charge in [-0.25, -0.2) is 4.39 Å². The summed E-state index contributed by atoms with van der Waals surface area (Å²) in [4.78, 5) is 14.5. The van der Waals surface area contributed by atoms with Crippen molar-refractivity contribution in [3.05, 3.63) is 58.9 Å². The molecule has 2 aliphatic rings. The molecule has 0 spiro atoms. The van der Waals surface area contributed by atoms with E-state index in [2.05, 4.69) is 0 Å². The van der Waals surface area contributed by atoms with Crippen molar-refractivity contribution < 1.29 is 18.7 Å². The van der Waals surface area contributed by atoms with Gasteiger partial charge in [0.05, 0.1) is 6.04 Å². The summed E-state index contributed by atoms with van der Waals surface area (Å²) in [6.45, 7) is 2.82. The van der Waals surface area contributed by atoms with Crippen LogP contribution in [0.25, 0.3) is 0 Å². The third-order valence-electron chi connectivity index (χ3n) is 4.51. The third-order valence-corrected chi connectivity index (χ3v) is 4.51. The lowest BCUT2D eigenvalue weighted by molar-refractivity contribution is 0.0677. The number of rotatable bonds is 1. The average Bonchev–Trinajstić information content (AvgIpc) is 3.00. The molecule has 23 heavy (non-hydrogen) atoms. The van der Waals surface area contributed by atoms with Crippen molar-refractivity contribution in [2.45, 2.75) is 19.4 Å². The molecule has 0 saturated heterocycles. The van der Waals surface area contributed by atoms with Crippen LogP contribution < -0.4 is 9.47 Å². The van der Waals surface area contributed by atoms with E-state index in [0.717, 1.165) is 23.5 Å². The Kier molecular flexibility index (Phi) is 3.22. The molecule has 2 aliphatic heterocycles. The minimum Gasteiger partial charge on any atom is -0.454 e. The maximum atomic E-state index is 13.4. The molecule has 1 atom stereocenters. The SMILES string of the molecule is CC1c2cc3c(cc2CCN1C(=O)c1cccc(F)c1)OCO3. The van der Waals surface area contributed by atoms with E-state index in [4.69, 9.17) is 9.47 Å². The van der Waals surface area contributed by atoms with Crippen LogP contribution in [0.1, 0.15) is 34.5 Å². The lowest BCUT2D eigenvalue weighted by atomic mass is 9.92. The van der Waals surface area contributed by atoms with Crippen LogP contribution in [0.5, 0.6) is 11.5 Å². The van der Waals surface area contributed by atoms with Crippen molar-refractivity contribution in [3.8, 4) is 11.5 Å². The lowest BCUT2D eigenvalue weighted by Crippen LogP contribution is -2.38. The lowest BCUT2D eigenvalue weighted by Gasteiger charge is -2.35. The zero-order chi connectivity index (χ0) is 16.0. The molecule has 0 aromatic heterocycles. The quantitative estimate of drug-likeness (QED) is 0.811. The van der Waals surface area contributed by atoms with Crippen molar-refractivity contribution in [1.29, 1.82) is 0 Å². The topological polar surface area (TPSA) is 38.8 Å². The Morgan fingerprint density at radius 3 is 2.78 bits per heavy atom. The van der Waals surface area contributed by atoms with Gasteiger partial charge in [0.1, 0.15) is 5.82 Å². The van der Waals surface area contributed by atoms with Crippen LogP contribution in [0.2, 0.25) is 0 Å². The van der Waals surface area contributed by atoms with Crippen LogP contribution in [0, 0.1) is 5.82 Å². The van der Waals surface area contributed by atoms with Gasteiger partial charge in [-0.2, -0.15) is 0 Å². The number of halogens is 1. The molecule has 0 radical (unpaired) electrons.